The Hall–Kier alpha value is -1.85. The van der Waals surface area contributed by atoms with Crippen LogP contribution in [0.5, 0.6) is 0 Å². The number of nitrogens with zero attached hydrogens (tertiary/aromatic N) is 2. The van der Waals surface area contributed by atoms with Gasteiger partial charge in [0.25, 0.3) is 0 Å². The number of carbonyl (C=O) groups excluding carboxylic acids is 1. The second-order valence-corrected chi connectivity index (χ2v) is 5.24. The smallest absolute Gasteiger partial charge is 0.319 e. The molecule has 1 saturated heterocycles. The summed E-state index contributed by atoms with van der Waals surface area (Å²) in [6, 6.07) is 3.53. The number of hydrogen-bond acceptors (Lipinski definition) is 2. The van der Waals surface area contributed by atoms with Crippen molar-refractivity contribution in [3.05, 3.63) is 29.8 Å². The Bertz CT molecular complexity index is 465. The fraction of sp³-hybridized carbons (Fsp3) is 0.500. The number of carbonyl (C=O) groups is 1. The number of likely N-dealkylation sites (tertiary alicyclic amines) is 1. The van der Waals surface area contributed by atoms with Gasteiger partial charge in [-0.1, -0.05) is 0 Å². The number of urea groups is 1. The van der Waals surface area contributed by atoms with Crippen molar-refractivity contribution in [3.8, 4) is 0 Å². The highest BCUT2D eigenvalue weighted by atomic mass is 19.1. The van der Waals surface area contributed by atoms with Crippen LogP contribution in [0.4, 0.5) is 19.3 Å². The Labute approximate surface area is 117 Å². The molecule has 2 amide bonds. The van der Waals surface area contributed by atoms with Crippen LogP contribution in [0.3, 0.4) is 0 Å². The lowest BCUT2D eigenvalue weighted by atomic mass is 10.0. The lowest BCUT2D eigenvalue weighted by molar-refractivity contribution is 0.158. The van der Waals surface area contributed by atoms with Crippen LogP contribution in [0.2, 0.25) is 0 Å². The molecule has 1 fully saturated rings. The van der Waals surface area contributed by atoms with Crippen LogP contribution in [0, 0.1) is 11.6 Å². The highest BCUT2D eigenvalue weighted by Crippen LogP contribution is 2.19. The van der Waals surface area contributed by atoms with E-state index in [1.54, 1.807) is 23.9 Å². The zero-order valence-electron chi connectivity index (χ0n) is 11.7. The normalized spacial score (nSPS) is 16.1. The van der Waals surface area contributed by atoms with E-state index in [4.69, 9.17) is 0 Å². The maximum Gasteiger partial charge on any atom is 0.319 e. The summed E-state index contributed by atoms with van der Waals surface area (Å²) in [5, 5.41) is 3.12. The fourth-order valence-electron chi connectivity index (χ4n) is 2.37. The van der Waals surface area contributed by atoms with Crippen LogP contribution in [0.15, 0.2) is 18.2 Å². The molecule has 0 saturated carbocycles. The minimum absolute atomic E-state index is 0.000231. The summed E-state index contributed by atoms with van der Waals surface area (Å²) >= 11 is 0. The average molecular weight is 283 g/mol. The summed E-state index contributed by atoms with van der Waals surface area (Å²) < 4.78 is 26.2. The Morgan fingerprint density at radius 2 is 1.75 bits per heavy atom. The number of amides is 2. The monoisotopic (exact) mass is 283 g/mol. The summed E-state index contributed by atoms with van der Waals surface area (Å²) in [5.74, 6) is -1.18. The van der Waals surface area contributed by atoms with E-state index >= 15 is 0 Å². The summed E-state index contributed by atoms with van der Waals surface area (Å²) in [6.07, 6.45) is 1.52. The molecule has 110 valence electrons. The lowest BCUT2D eigenvalue weighted by Crippen LogP contribution is -2.46. The van der Waals surface area contributed by atoms with Crippen LogP contribution in [0.25, 0.3) is 0 Å². The van der Waals surface area contributed by atoms with Gasteiger partial charge in [-0.05, 0) is 25.0 Å². The SMILES string of the molecule is CN(C)C(=O)N1CCC(Nc2cc(F)cc(F)c2)CC1. The third-order valence-corrected chi connectivity index (χ3v) is 3.38. The topological polar surface area (TPSA) is 35.6 Å². The lowest BCUT2D eigenvalue weighted by Gasteiger charge is -2.34. The number of nitrogens with one attached hydrogen (secondary N) is 1. The molecule has 6 heteroatoms. The molecule has 2 rings (SSSR count). The van der Waals surface area contributed by atoms with Crippen molar-refractivity contribution >= 4 is 11.7 Å². The number of benzene rings is 1. The van der Waals surface area contributed by atoms with E-state index in [-0.39, 0.29) is 12.1 Å². The molecule has 0 atom stereocenters. The molecule has 0 unspecified atom stereocenters. The van der Waals surface area contributed by atoms with Gasteiger partial charge in [-0.2, -0.15) is 0 Å². The molecule has 20 heavy (non-hydrogen) atoms. The van der Waals surface area contributed by atoms with E-state index in [9.17, 15) is 13.6 Å². The molecule has 1 aromatic rings. The van der Waals surface area contributed by atoms with Crippen molar-refractivity contribution < 1.29 is 13.6 Å². The summed E-state index contributed by atoms with van der Waals surface area (Å²) in [6.45, 7) is 1.29. The third kappa shape index (κ3) is 3.59. The zero-order valence-corrected chi connectivity index (χ0v) is 11.7. The van der Waals surface area contributed by atoms with Crippen molar-refractivity contribution in [2.24, 2.45) is 0 Å². The maximum absolute atomic E-state index is 13.1. The molecule has 0 aliphatic carbocycles. The predicted molar refractivity (Wildman–Crippen MR) is 73.7 cm³/mol. The van der Waals surface area contributed by atoms with Crippen LogP contribution < -0.4 is 5.32 Å². The fourth-order valence-corrected chi connectivity index (χ4v) is 2.37. The van der Waals surface area contributed by atoms with Crippen molar-refractivity contribution in [2.45, 2.75) is 18.9 Å². The number of halogens is 2. The van der Waals surface area contributed by atoms with Crippen molar-refractivity contribution in [1.82, 2.24) is 9.80 Å². The Balaban J connectivity index is 1.90. The van der Waals surface area contributed by atoms with Crippen LogP contribution in [-0.2, 0) is 0 Å². The Morgan fingerprint density at radius 1 is 1.20 bits per heavy atom. The number of piperidine rings is 1. The highest BCUT2D eigenvalue weighted by molar-refractivity contribution is 5.73. The third-order valence-electron chi connectivity index (χ3n) is 3.38. The van der Waals surface area contributed by atoms with Gasteiger partial charge in [0.05, 0.1) is 0 Å². The average Bonchev–Trinajstić information content (AvgIpc) is 2.37. The summed E-state index contributed by atoms with van der Waals surface area (Å²) in [4.78, 5) is 15.1. The van der Waals surface area contributed by atoms with E-state index in [2.05, 4.69) is 5.32 Å². The molecular weight excluding hydrogens is 264 g/mol. The molecule has 4 nitrogen and oxygen atoms in total. The Morgan fingerprint density at radius 3 is 2.25 bits per heavy atom. The van der Waals surface area contributed by atoms with E-state index in [0.29, 0.717) is 18.8 Å². The number of anilines is 1. The van der Waals surface area contributed by atoms with Crippen LogP contribution in [0.1, 0.15) is 12.8 Å². The van der Waals surface area contributed by atoms with Gasteiger partial charge in [0.15, 0.2) is 0 Å². The predicted octanol–water partition coefficient (Wildman–Crippen LogP) is 2.52. The number of hydrogen-bond donors (Lipinski definition) is 1. The highest BCUT2D eigenvalue weighted by Gasteiger charge is 2.23. The molecule has 1 N–H and O–H groups in total. The van der Waals surface area contributed by atoms with Gasteiger partial charge < -0.3 is 15.1 Å². The van der Waals surface area contributed by atoms with E-state index in [0.717, 1.165) is 18.9 Å². The van der Waals surface area contributed by atoms with Crippen LogP contribution >= 0.6 is 0 Å². The molecule has 1 heterocycles. The van der Waals surface area contributed by atoms with Gasteiger partial charge in [-0.3, -0.25) is 0 Å². The van der Waals surface area contributed by atoms with Gasteiger partial charge >= 0.3 is 6.03 Å². The van der Waals surface area contributed by atoms with E-state index in [1.807, 2.05) is 0 Å². The first-order valence-electron chi connectivity index (χ1n) is 6.64. The first-order chi connectivity index (χ1) is 9.45. The first-order valence-corrected chi connectivity index (χ1v) is 6.64. The van der Waals surface area contributed by atoms with Gasteiger partial charge in [0, 0.05) is 45.0 Å². The van der Waals surface area contributed by atoms with Crippen molar-refractivity contribution in [1.29, 1.82) is 0 Å². The summed E-state index contributed by atoms with van der Waals surface area (Å²) in [7, 11) is 3.45. The second kappa shape index (κ2) is 6.07. The minimum Gasteiger partial charge on any atom is -0.382 e. The molecule has 0 aromatic heterocycles. The van der Waals surface area contributed by atoms with Gasteiger partial charge in [0.2, 0.25) is 0 Å². The standard InChI is InChI=1S/C14H19F2N3O/c1-18(2)14(20)19-5-3-12(4-6-19)17-13-8-10(15)7-11(16)9-13/h7-9,12,17H,3-6H2,1-2H3. The maximum atomic E-state index is 13.1. The summed E-state index contributed by atoms with van der Waals surface area (Å²) in [5.41, 5.74) is 0.444. The molecule has 0 spiro atoms. The largest absolute Gasteiger partial charge is 0.382 e. The van der Waals surface area contributed by atoms with E-state index in [1.165, 1.54) is 12.1 Å². The van der Waals surface area contributed by atoms with Gasteiger partial charge in [-0.25, -0.2) is 13.6 Å². The molecule has 1 aromatic carbocycles. The van der Waals surface area contributed by atoms with Gasteiger partial charge in [-0.15, -0.1) is 0 Å². The second-order valence-electron chi connectivity index (χ2n) is 5.24. The van der Waals surface area contributed by atoms with E-state index < -0.39 is 11.6 Å². The van der Waals surface area contributed by atoms with Crippen LogP contribution in [-0.4, -0.2) is 49.1 Å². The quantitative estimate of drug-likeness (QED) is 0.905. The molecular formula is C14H19F2N3O. The molecule has 1 aliphatic rings. The van der Waals surface area contributed by atoms with Gasteiger partial charge in [0.1, 0.15) is 11.6 Å². The minimum atomic E-state index is -0.590. The molecule has 1 aliphatic heterocycles. The number of rotatable bonds is 2. The molecule has 0 radical (unpaired) electrons. The van der Waals surface area contributed by atoms with Crippen molar-refractivity contribution in [3.63, 3.8) is 0 Å². The molecule has 0 bridgehead atoms. The van der Waals surface area contributed by atoms with Crippen molar-refractivity contribution in [2.75, 3.05) is 32.5 Å². The Kier molecular flexibility index (Phi) is 4.42. The zero-order chi connectivity index (χ0) is 14.7. The first kappa shape index (κ1) is 14.6.